The van der Waals surface area contributed by atoms with Crippen LogP contribution in [0.1, 0.15) is 35.7 Å². The third-order valence-corrected chi connectivity index (χ3v) is 7.96. The van der Waals surface area contributed by atoms with Gasteiger partial charge in [0.25, 0.3) is 0 Å². The number of guanidine groups is 1. The van der Waals surface area contributed by atoms with E-state index in [0.29, 0.717) is 21.9 Å². The molecule has 1 fully saturated rings. The van der Waals surface area contributed by atoms with Gasteiger partial charge < -0.3 is 4.90 Å². The fraction of sp³-hybridized carbons (Fsp3) is 0.241. The van der Waals surface area contributed by atoms with E-state index in [2.05, 4.69) is 43.4 Å². The number of pyridine rings is 1. The molecule has 3 aromatic heterocycles. The predicted octanol–water partition coefficient (Wildman–Crippen LogP) is 5.42. The summed E-state index contributed by atoms with van der Waals surface area (Å²) < 4.78 is 17.5. The molecular formula is C29H26FN9S. The minimum Gasteiger partial charge on any atom is -0.339 e. The highest BCUT2D eigenvalue weighted by molar-refractivity contribution is 7.99. The molecule has 0 unspecified atom stereocenters. The molecule has 1 aliphatic heterocycles. The lowest BCUT2D eigenvalue weighted by atomic mass is 10.0. The molecule has 0 spiro atoms. The topological polar surface area (TPSA) is 111 Å². The first-order chi connectivity index (χ1) is 19.5. The van der Waals surface area contributed by atoms with E-state index in [1.165, 1.54) is 30.1 Å². The number of rotatable bonds is 5. The van der Waals surface area contributed by atoms with Gasteiger partial charge in [-0.1, -0.05) is 24.4 Å². The highest BCUT2D eigenvalue weighted by Crippen LogP contribution is 2.38. The van der Waals surface area contributed by atoms with Crippen molar-refractivity contribution in [2.75, 3.05) is 20.1 Å². The summed E-state index contributed by atoms with van der Waals surface area (Å²) in [6.07, 6.45) is 10.5. The minimum atomic E-state index is -0.476. The monoisotopic (exact) mass is 551 g/mol. The fourth-order valence-corrected chi connectivity index (χ4v) is 6.07. The Morgan fingerprint density at radius 2 is 2.00 bits per heavy atom. The van der Waals surface area contributed by atoms with Crippen molar-refractivity contribution in [1.29, 1.82) is 10.5 Å². The van der Waals surface area contributed by atoms with Crippen LogP contribution in [0.3, 0.4) is 0 Å². The van der Waals surface area contributed by atoms with Gasteiger partial charge >= 0.3 is 0 Å². The van der Waals surface area contributed by atoms with Crippen LogP contribution in [-0.2, 0) is 0 Å². The SMILES string of the molecule is C=C/C=N\C(=NC)N1CCC[C@H](n2ncc(-c3cc(Sc4ccc(F)cc4C#N)c4c(C#N)cnn4c3)c2C)C1. The molecular weight excluding hydrogens is 525 g/mol. The second-order valence-electron chi connectivity index (χ2n) is 9.28. The van der Waals surface area contributed by atoms with Crippen molar-refractivity contribution in [3.8, 4) is 23.3 Å². The van der Waals surface area contributed by atoms with Crippen molar-refractivity contribution in [2.45, 2.75) is 35.6 Å². The first-order valence-corrected chi connectivity index (χ1v) is 13.5. The van der Waals surface area contributed by atoms with E-state index in [-0.39, 0.29) is 11.6 Å². The number of aromatic nitrogens is 4. The number of allylic oxidation sites excluding steroid dienone is 1. The van der Waals surface area contributed by atoms with Gasteiger partial charge in [-0.15, -0.1) is 0 Å². The number of nitrogens with zero attached hydrogens (tertiary/aromatic N) is 9. The van der Waals surface area contributed by atoms with Crippen LogP contribution in [0.2, 0.25) is 0 Å². The van der Waals surface area contributed by atoms with Crippen molar-refractivity contribution < 1.29 is 4.39 Å². The Labute approximate surface area is 235 Å². The molecule has 4 heterocycles. The van der Waals surface area contributed by atoms with E-state index in [1.54, 1.807) is 29.9 Å². The van der Waals surface area contributed by atoms with E-state index in [9.17, 15) is 14.9 Å². The Morgan fingerprint density at radius 3 is 2.75 bits per heavy atom. The minimum absolute atomic E-state index is 0.142. The molecule has 0 radical (unpaired) electrons. The summed E-state index contributed by atoms with van der Waals surface area (Å²) in [6.45, 7) is 7.34. The van der Waals surface area contributed by atoms with E-state index in [4.69, 9.17) is 5.10 Å². The van der Waals surface area contributed by atoms with Gasteiger partial charge in [0.1, 0.15) is 18.0 Å². The maximum absolute atomic E-state index is 13.8. The first kappa shape index (κ1) is 26.9. The lowest BCUT2D eigenvalue weighted by Gasteiger charge is -2.34. The van der Waals surface area contributed by atoms with Gasteiger partial charge in [0, 0.05) is 59.2 Å². The molecule has 1 aliphatic rings. The van der Waals surface area contributed by atoms with Gasteiger partial charge in [0.15, 0.2) is 0 Å². The Kier molecular flexibility index (Phi) is 7.76. The van der Waals surface area contributed by atoms with Crippen LogP contribution in [0, 0.1) is 35.4 Å². The van der Waals surface area contributed by atoms with Crippen LogP contribution < -0.4 is 0 Å². The molecule has 11 heteroatoms. The largest absolute Gasteiger partial charge is 0.339 e. The number of nitriles is 2. The summed E-state index contributed by atoms with van der Waals surface area (Å²) in [5.74, 6) is 0.197. The van der Waals surface area contributed by atoms with Gasteiger partial charge in [-0.05, 0) is 44.0 Å². The summed E-state index contributed by atoms with van der Waals surface area (Å²) in [6, 6.07) is 10.5. The molecule has 4 aromatic rings. The standard InChI is InChI=1S/C29H26FN9S/c1-4-9-34-29(33-3)37-10-5-6-24(18-37)39-19(2)25(16-36-39)21-12-27(28-22(14-32)15-35-38(28)17-21)40-26-8-7-23(30)11-20(26)13-31/h4,7-9,11-12,15-17,24H,1,5-6,10,18H2,2-3H3/b33-29?,34-9-/t24-/m0/s1. The van der Waals surface area contributed by atoms with Crippen molar-refractivity contribution >= 4 is 29.5 Å². The number of hydrogen-bond donors (Lipinski definition) is 0. The summed E-state index contributed by atoms with van der Waals surface area (Å²) in [7, 11) is 1.74. The molecule has 0 N–H and O–H groups in total. The predicted molar refractivity (Wildman–Crippen MR) is 153 cm³/mol. The number of piperidine rings is 1. The van der Waals surface area contributed by atoms with Crippen LogP contribution >= 0.6 is 11.8 Å². The summed E-state index contributed by atoms with van der Waals surface area (Å²) >= 11 is 1.30. The highest BCUT2D eigenvalue weighted by Gasteiger charge is 2.26. The van der Waals surface area contributed by atoms with E-state index >= 15 is 0 Å². The number of aliphatic imine (C=N–C) groups is 2. The molecule has 40 heavy (non-hydrogen) atoms. The van der Waals surface area contributed by atoms with Gasteiger partial charge in [-0.2, -0.15) is 20.7 Å². The number of fused-ring (bicyclic) bond motifs is 1. The summed E-state index contributed by atoms with van der Waals surface area (Å²) in [5, 5.41) is 28.5. The Bertz CT molecular complexity index is 1730. The lowest BCUT2D eigenvalue weighted by Crippen LogP contribution is -2.40. The number of likely N-dealkylation sites (tertiary alicyclic amines) is 1. The first-order valence-electron chi connectivity index (χ1n) is 12.7. The van der Waals surface area contributed by atoms with Gasteiger partial charge in [-0.25, -0.2) is 13.9 Å². The van der Waals surface area contributed by atoms with Crippen LogP contribution in [-0.4, -0.2) is 56.6 Å². The highest BCUT2D eigenvalue weighted by atomic mass is 32.2. The Balaban J connectivity index is 1.52. The van der Waals surface area contributed by atoms with Crippen LogP contribution in [0.15, 0.2) is 75.3 Å². The Hall–Kier alpha value is -4.74. The molecule has 0 saturated carbocycles. The molecule has 1 aromatic carbocycles. The van der Waals surface area contributed by atoms with Crippen LogP contribution in [0.5, 0.6) is 0 Å². The summed E-state index contributed by atoms with van der Waals surface area (Å²) in [4.78, 5) is 12.2. The third kappa shape index (κ3) is 5.12. The zero-order valence-electron chi connectivity index (χ0n) is 22.1. The van der Waals surface area contributed by atoms with Crippen molar-refractivity contribution in [1.82, 2.24) is 24.3 Å². The number of halogens is 1. The van der Waals surface area contributed by atoms with Gasteiger partial charge in [0.05, 0.1) is 35.1 Å². The van der Waals surface area contributed by atoms with E-state index < -0.39 is 5.82 Å². The molecule has 9 nitrogen and oxygen atoms in total. The number of hydrogen-bond acceptors (Lipinski definition) is 6. The second-order valence-corrected chi connectivity index (χ2v) is 10.4. The normalized spacial score (nSPS) is 15.9. The van der Waals surface area contributed by atoms with Crippen molar-refractivity contribution in [3.63, 3.8) is 0 Å². The third-order valence-electron chi connectivity index (χ3n) is 6.86. The van der Waals surface area contributed by atoms with Crippen molar-refractivity contribution in [3.05, 3.63) is 78.1 Å². The maximum Gasteiger partial charge on any atom is 0.220 e. The zero-order chi connectivity index (χ0) is 28.2. The smallest absolute Gasteiger partial charge is 0.220 e. The molecule has 1 saturated heterocycles. The average Bonchev–Trinajstić information content (AvgIpc) is 3.57. The quantitative estimate of drug-likeness (QED) is 0.242. The molecule has 200 valence electrons. The lowest BCUT2D eigenvalue weighted by molar-refractivity contribution is 0.242. The molecule has 1 atom stereocenters. The van der Waals surface area contributed by atoms with Crippen LogP contribution in [0.4, 0.5) is 4.39 Å². The zero-order valence-corrected chi connectivity index (χ0v) is 22.9. The number of benzene rings is 1. The fourth-order valence-electron chi connectivity index (χ4n) is 5.00. The van der Waals surface area contributed by atoms with E-state index in [1.807, 2.05) is 25.4 Å². The van der Waals surface area contributed by atoms with Crippen molar-refractivity contribution in [2.24, 2.45) is 9.98 Å². The maximum atomic E-state index is 13.8. The van der Waals surface area contributed by atoms with Gasteiger partial charge in [0.2, 0.25) is 5.96 Å². The molecule has 0 amide bonds. The summed E-state index contributed by atoms with van der Waals surface area (Å²) in [5.41, 5.74) is 4.07. The molecule has 0 bridgehead atoms. The average molecular weight is 552 g/mol. The second kappa shape index (κ2) is 11.6. The van der Waals surface area contributed by atoms with Gasteiger partial charge in [-0.3, -0.25) is 9.67 Å². The molecule has 5 rings (SSSR count). The van der Waals surface area contributed by atoms with Crippen LogP contribution in [0.25, 0.3) is 16.6 Å². The molecule has 0 aliphatic carbocycles. The Morgan fingerprint density at radius 1 is 1.18 bits per heavy atom. The van der Waals surface area contributed by atoms with E-state index in [0.717, 1.165) is 47.6 Å².